The molecule has 1 fully saturated rings. The molecule has 8 nitrogen and oxygen atoms in total. The van der Waals surface area contributed by atoms with E-state index < -0.39 is 35.4 Å². The summed E-state index contributed by atoms with van der Waals surface area (Å²) >= 11 is 0. The van der Waals surface area contributed by atoms with Gasteiger partial charge in [0.05, 0.1) is 19.1 Å². The number of carbonyl (C=O) groups excluding carboxylic acids is 2. The molecule has 3 N–H and O–H groups in total. The standard InChI is InChI=1S/C33H58N2O6/c1-7-9-10-11-12-13-14-15-16-17-18-19-20-21-22-23-28(36)34-26(8-2)27(24-29(37)38)35-31(39)30-32(3,4)25-40-33(5,6)41-30/h12-13,15-16,26-27,30H,7-11,14,17-25H2,1-6H3,(H,34,36)(H,35,39)(H,37,38)/b13-12-,16-15-. The number of allylic oxidation sites excluding steroid dienone is 4. The number of ether oxygens (including phenoxy) is 2. The van der Waals surface area contributed by atoms with E-state index in [0.717, 1.165) is 44.9 Å². The van der Waals surface area contributed by atoms with Gasteiger partial charge in [-0.1, -0.05) is 84.1 Å². The van der Waals surface area contributed by atoms with Crippen LogP contribution in [-0.4, -0.2) is 53.5 Å². The van der Waals surface area contributed by atoms with Crippen molar-refractivity contribution >= 4 is 17.8 Å². The number of nitrogens with one attached hydrogen (secondary N) is 2. The lowest BCUT2D eigenvalue weighted by molar-refractivity contribution is -0.304. The SMILES string of the molecule is CCCCC/C=C\C/C=C\CCCCCCCC(=O)NC(CC)C(CC(=O)O)NC(=O)C1OC(C)(C)OCC1(C)C. The molecule has 236 valence electrons. The number of unbranched alkanes of at least 4 members (excludes halogenated alkanes) is 8. The molecule has 8 heteroatoms. The Bertz CT molecular complexity index is 836. The summed E-state index contributed by atoms with van der Waals surface area (Å²) in [6.07, 6.45) is 21.1. The zero-order chi connectivity index (χ0) is 30.7. The third-order valence-electron chi connectivity index (χ3n) is 7.49. The molecule has 0 spiro atoms. The minimum absolute atomic E-state index is 0.115. The van der Waals surface area contributed by atoms with Crippen molar-refractivity contribution in [2.45, 2.75) is 155 Å². The van der Waals surface area contributed by atoms with E-state index in [2.05, 4.69) is 41.9 Å². The van der Waals surface area contributed by atoms with Gasteiger partial charge in [-0.2, -0.15) is 0 Å². The highest BCUT2D eigenvalue weighted by atomic mass is 16.7. The summed E-state index contributed by atoms with van der Waals surface area (Å²) in [5.74, 6) is -2.46. The normalized spacial score (nSPS) is 19.7. The number of aliphatic carboxylic acids is 1. The topological polar surface area (TPSA) is 114 Å². The first kappa shape index (κ1) is 36.8. The Hall–Kier alpha value is -2.19. The second-order valence-electron chi connectivity index (χ2n) is 12.5. The fourth-order valence-corrected chi connectivity index (χ4v) is 4.92. The average molecular weight is 579 g/mol. The minimum atomic E-state index is -1.04. The summed E-state index contributed by atoms with van der Waals surface area (Å²) in [7, 11) is 0. The fraction of sp³-hybridized carbons (Fsp3) is 0.788. The van der Waals surface area contributed by atoms with Crippen LogP contribution >= 0.6 is 0 Å². The molecule has 1 aliphatic heterocycles. The van der Waals surface area contributed by atoms with Crippen LogP contribution in [0.5, 0.6) is 0 Å². The molecule has 0 saturated carbocycles. The Kier molecular flexibility index (Phi) is 17.8. The molecule has 41 heavy (non-hydrogen) atoms. The van der Waals surface area contributed by atoms with Crippen LogP contribution in [0.1, 0.15) is 131 Å². The van der Waals surface area contributed by atoms with Crippen LogP contribution in [0, 0.1) is 5.41 Å². The van der Waals surface area contributed by atoms with Crippen molar-refractivity contribution in [3.05, 3.63) is 24.3 Å². The molecule has 1 saturated heterocycles. The van der Waals surface area contributed by atoms with Gasteiger partial charge < -0.3 is 25.2 Å². The van der Waals surface area contributed by atoms with E-state index in [1.807, 2.05) is 20.8 Å². The van der Waals surface area contributed by atoms with Crippen LogP contribution in [-0.2, 0) is 23.9 Å². The van der Waals surface area contributed by atoms with Crippen molar-refractivity contribution in [1.82, 2.24) is 10.6 Å². The predicted octanol–water partition coefficient (Wildman–Crippen LogP) is 6.83. The Morgan fingerprint density at radius 1 is 0.854 bits per heavy atom. The molecular weight excluding hydrogens is 520 g/mol. The summed E-state index contributed by atoms with van der Waals surface area (Å²) in [6.45, 7) is 11.7. The Morgan fingerprint density at radius 3 is 2.07 bits per heavy atom. The Morgan fingerprint density at radius 2 is 1.46 bits per heavy atom. The monoisotopic (exact) mass is 578 g/mol. The quantitative estimate of drug-likeness (QED) is 0.102. The summed E-state index contributed by atoms with van der Waals surface area (Å²) < 4.78 is 11.6. The van der Waals surface area contributed by atoms with E-state index in [0.29, 0.717) is 19.4 Å². The maximum atomic E-state index is 13.2. The first-order valence-corrected chi connectivity index (χ1v) is 15.8. The second kappa shape index (κ2) is 19.8. The number of hydrogen-bond donors (Lipinski definition) is 3. The maximum absolute atomic E-state index is 13.2. The van der Waals surface area contributed by atoms with Crippen LogP contribution in [0.3, 0.4) is 0 Å². The van der Waals surface area contributed by atoms with Gasteiger partial charge in [0.1, 0.15) is 6.10 Å². The lowest BCUT2D eigenvalue weighted by atomic mass is 9.85. The third-order valence-corrected chi connectivity index (χ3v) is 7.49. The number of amides is 2. The largest absolute Gasteiger partial charge is 0.481 e. The number of carbonyl (C=O) groups is 3. The summed E-state index contributed by atoms with van der Waals surface area (Å²) in [6, 6.07) is -1.24. The highest BCUT2D eigenvalue weighted by Gasteiger charge is 2.46. The minimum Gasteiger partial charge on any atom is -0.481 e. The Balaban J connectivity index is 2.40. The fourth-order valence-electron chi connectivity index (χ4n) is 4.92. The molecule has 1 aliphatic rings. The van der Waals surface area contributed by atoms with Crippen molar-refractivity contribution in [1.29, 1.82) is 0 Å². The molecule has 0 aromatic heterocycles. The van der Waals surface area contributed by atoms with Gasteiger partial charge in [-0.15, -0.1) is 0 Å². The molecule has 2 amide bonds. The number of hydrogen-bond acceptors (Lipinski definition) is 5. The molecule has 1 rings (SSSR count). The Labute approximate surface area is 249 Å². The predicted molar refractivity (Wildman–Crippen MR) is 164 cm³/mol. The zero-order valence-corrected chi connectivity index (χ0v) is 26.6. The highest BCUT2D eigenvalue weighted by Crippen LogP contribution is 2.35. The number of carboxylic acid groups (broad SMARTS) is 1. The highest BCUT2D eigenvalue weighted by molar-refractivity contribution is 5.83. The van der Waals surface area contributed by atoms with Gasteiger partial charge in [0, 0.05) is 17.9 Å². The third kappa shape index (κ3) is 16.1. The van der Waals surface area contributed by atoms with E-state index in [-0.39, 0.29) is 18.2 Å². The van der Waals surface area contributed by atoms with E-state index in [1.54, 1.807) is 13.8 Å². The van der Waals surface area contributed by atoms with Gasteiger partial charge in [0.2, 0.25) is 11.8 Å². The van der Waals surface area contributed by atoms with Crippen LogP contribution < -0.4 is 10.6 Å². The van der Waals surface area contributed by atoms with E-state index in [9.17, 15) is 19.5 Å². The van der Waals surface area contributed by atoms with Gasteiger partial charge in [0.15, 0.2) is 5.79 Å². The molecule has 3 unspecified atom stereocenters. The molecule has 0 aromatic carbocycles. The maximum Gasteiger partial charge on any atom is 0.305 e. The first-order chi connectivity index (χ1) is 19.4. The van der Waals surface area contributed by atoms with Gasteiger partial charge in [-0.3, -0.25) is 14.4 Å². The first-order valence-electron chi connectivity index (χ1n) is 15.8. The number of rotatable bonds is 21. The lowest BCUT2D eigenvalue weighted by Crippen LogP contribution is -2.60. The van der Waals surface area contributed by atoms with E-state index in [1.165, 1.54) is 25.7 Å². The molecular formula is C33H58N2O6. The van der Waals surface area contributed by atoms with Gasteiger partial charge in [-0.05, 0) is 58.8 Å². The summed E-state index contributed by atoms with van der Waals surface area (Å²) in [4.78, 5) is 37.5. The zero-order valence-electron chi connectivity index (χ0n) is 26.6. The average Bonchev–Trinajstić information content (AvgIpc) is 2.90. The van der Waals surface area contributed by atoms with Crippen LogP contribution in [0.4, 0.5) is 0 Å². The summed E-state index contributed by atoms with van der Waals surface area (Å²) in [5, 5.41) is 15.3. The molecule has 1 heterocycles. The molecule has 0 bridgehead atoms. The van der Waals surface area contributed by atoms with E-state index in [4.69, 9.17) is 9.47 Å². The van der Waals surface area contributed by atoms with Gasteiger partial charge >= 0.3 is 5.97 Å². The van der Waals surface area contributed by atoms with Crippen LogP contribution in [0.25, 0.3) is 0 Å². The lowest BCUT2D eigenvalue weighted by Gasteiger charge is -2.45. The smallest absolute Gasteiger partial charge is 0.305 e. The second-order valence-corrected chi connectivity index (χ2v) is 12.5. The van der Waals surface area contributed by atoms with Gasteiger partial charge in [-0.25, -0.2) is 0 Å². The van der Waals surface area contributed by atoms with Gasteiger partial charge in [0.25, 0.3) is 0 Å². The van der Waals surface area contributed by atoms with Crippen molar-refractivity contribution in [3.63, 3.8) is 0 Å². The van der Waals surface area contributed by atoms with Crippen LogP contribution in [0.15, 0.2) is 24.3 Å². The number of carboxylic acids is 1. The van der Waals surface area contributed by atoms with Crippen molar-refractivity contribution in [2.75, 3.05) is 6.61 Å². The molecule has 3 atom stereocenters. The molecule has 0 aliphatic carbocycles. The van der Waals surface area contributed by atoms with E-state index >= 15 is 0 Å². The van der Waals surface area contributed by atoms with Crippen molar-refractivity contribution < 1.29 is 29.0 Å². The molecule has 0 radical (unpaired) electrons. The summed E-state index contributed by atoms with van der Waals surface area (Å²) in [5.41, 5.74) is -0.584. The van der Waals surface area contributed by atoms with Crippen molar-refractivity contribution in [2.24, 2.45) is 5.41 Å². The van der Waals surface area contributed by atoms with Crippen LogP contribution in [0.2, 0.25) is 0 Å². The van der Waals surface area contributed by atoms with Crippen molar-refractivity contribution in [3.8, 4) is 0 Å². The molecule has 0 aromatic rings.